The van der Waals surface area contributed by atoms with E-state index < -0.39 is 5.91 Å². The third kappa shape index (κ3) is 1.49. The Morgan fingerprint density at radius 3 is 2.54 bits per heavy atom. The third-order valence-electron chi connectivity index (χ3n) is 2.39. The monoisotopic (exact) mass is 176 g/mol. The molecule has 0 aromatic heterocycles. The summed E-state index contributed by atoms with van der Waals surface area (Å²) in [6.07, 6.45) is 2.46. The summed E-state index contributed by atoms with van der Waals surface area (Å²) in [5, 5.41) is 0. The van der Waals surface area contributed by atoms with Crippen LogP contribution in [0.2, 0.25) is 0 Å². The summed E-state index contributed by atoms with van der Waals surface area (Å²) in [5.41, 5.74) is 13.0. The maximum Gasteiger partial charge on any atom is 0.250 e. The Kier molecular flexibility index (Phi) is 1.72. The average molecular weight is 176 g/mol. The van der Waals surface area contributed by atoms with Gasteiger partial charge in [0.2, 0.25) is 0 Å². The van der Waals surface area contributed by atoms with Crippen molar-refractivity contribution in [3.8, 4) is 0 Å². The molecule has 1 saturated carbocycles. The molecule has 0 spiro atoms. The van der Waals surface area contributed by atoms with Crippen LogP contribution in [0.1, 0.15) is 34.7 Å². The van der Waals surface area contributed by atoms with Gasteiger partial charge in [0.25, 0.3) is 5.91 Å². The highest BCUT2D eigenvalue weighted by molar-refractivity contribution is 5.98. The SMILES string of the molecule is NC(=O)c1ccc(C2CC2)cc1N. The summed E-state index contributed by atoms with van der Waals surface area (Å²) >= 11 is 0. The fraction of sp³-hybridized carbons (Fsp3) is 0.300. The molecule has 1 amide bonds. The second-order valence-corrected chi connectivity index (χ2v) is 3.49. The minimum Gasteiger partial charge on any atom is -0.398 e. The van der Waals surface area contributed by atoms with Crippen LogP contribution in [0.15, 0.2) is 18.2 Å². The summed E-state index contributed by atoms with van der Waals surface area (Å²) in [6, 6.07) is 5.51. The smallest absolute Gasteiger partial charge is 0.250 e. The number of amides is 1. The van der Waals surface area contributed by atoms with E-state index in [0.717, 1.165) is 0 Å². The summed E-state index contributed by atoms with van der Waals surface area (Å²) < 4.78 is 0. The van der Waals surface area contributed by atoms with Crippen molar-refractivity contribution >= 4 is 11.6 Å². The molecule has 0 aliphatic heterocycles. The summed E-state index contributed by atoms with van der Waals surface area (Å²) in [7, 11) is 0. The van der Waals surface area contributed by atoms with Crippen molar-refractivity contribution in [3.63, 3.8) is 0 Å². The molecule has 3 nitrogen and oxygen atoms in total. The van der Waals surface area contributed by atoms with E-state index in [4.69, 9.17) is 11.5 Å². The lowest BCUT2D eigenvalue weighted by molar-refractivity contribution is 0.100. The third-order valence-corrected chi connectivity index (χ3v) is 2.39. The lowest BCUT2D eigenvalue weighted by atomic mass is 10.1. The zero-order valence-corrected chi connectivity index (χ0v) is 7.29. The van der Waals surface area contributed by atoms with Crippen LogP contribution in [0.4, 0.5) is 5.69 Å². The summed E-state index contributed by atoms with van der Waals surface area (Å²) in [5.74, 6) is 0.198. The number of hydrogen-bond donors (Lipinski definition) is 2. The zero-order chi connectivity index (χ0) is 9.42. The van der Waals surface area contributed by atoms with Gasteiger partial charge in [-0.25, -0.2) is 0 Å². The molecule has 0 saturated heterocycles. The van der Waals surface area contributed by atoms with Crippen molar-refractivity contribution in [1.29, 1.82) is 0 Å². The molecule has 1 aromatic carbocycles. The van der Waals surface area contributed by atoms with E-state index >= 15 is 0 Å². The Hall–Kier alpha value is -1.51. The standard InChI is InChI=1S/C10H12N2O/c11-9-5-7(6-1-2-6)3-4-8(9)10(12)13/h3-6H,1-2,11H2,(H2,12,13). The second-order valence-electron chi connectivity index (χ2n) is 3.49. The Morgan fingerprint density at radius 2 is 2.08 bits per heavy atom. The van der Waals surface area contributed by atoms with E-state index in [1.54, 1.807) is 6.07 Å². The molecule has 2 rings (SSSR count). The van der Waals surface area contributed by atoms with Gasteiger partial charge in [-0.15, -0.1) is 0 Å². The number of nitrogen functional groups attached to an aromatic ring is 1. The van der Waals surface area contributed by atoms with Crippen LogP contribution in [-0.2, 0) is 0 Å². The average Bonchev–Trinajstić information content (AvgIpc) is 2.85. The van der Waals surface area contributed by atoms with Crippen molar-refractivity contribution in [1.82, 2.24) is 0 Å². The molecule has 3 heteroatoms. The summed E-state index contributed by atoms with van der Waals surface area (Å²) in [4.78, 5) is 10.9. The lowest BCUT2D eigenvalue weighted by Gasteiger charge is -2.03. The molecule has 0 bridgehead atoms. The minimum absolute atomic E-state index is 0.421. The highest BCUT2D eigenvalue weighted by atomic mass is 16.1. The molecular weight excluding hydrogens is 164 g/mol. The largest absolute Gasteiger partial charge is 0.398 e. The molecule has 0 atom stereocenters. The molecule has 4 N–H and O–H groups in total. The fourth-order valence-corrected chi connectivity index (χ4v) is 1.48. The lowest BCUT2D eigenvalue weighted by Crippen LogP contribution is -2.13. The van der Waals surface area contributed by atoms with Gasteiger partial charge in [0, 0.05) is 5.69 Å². The first-order valence-corrected chi connectivity index (χ1v) is 4.37. The normalized spacial score (nSPS) is 15.7. The molecule has 1 aromatic rings. The van der Waals surface area contributed by atoms with Gasteiger partial charge in [0.05, 0.1) is 5.56 Å². The molecule has 1 aliphatic carbocycles. The Morgan fingerprint density at radius 1 is 1.38 bits per heavy atom. The van der Waals surface area contributed by atoms with Gasteiger partial charge in [0.1, 0.15) is 0 Å². The quantitative estimate of drug-likeness (QED) is 0.666. The van der Waals surface area contributed by atoms with Crippen LogP contribution in [0, 0.1) is 0 Å². The van der Waals surface area contributed by atoms with Crippen LogP contribution in [-0.4, -0.2) is 5.91 Å². The maximum absolute atomic E-state index is 10.9. The van der Waals surface area contributed by atoms with E-state index in [-0.39, 0.29) is 0 Å². The number of rotatable bonds is 2. The summed E-state index contributed by atoms with van der Waals surface area (Å²) in [6.45, 7) is 0. The zero-order valence-electron chi connectivity index (χ0n) is 7.29. The number of hydrogen-bond acceptors (Lipinski definition) is 2. The van der Waals surface area contributed by atoms with Gasteiger partial charge >= 0.3 is 0 Å². The van der Waals surface area contributed by atoms with Gasteiger partial charge < -0.3 is 11.5 Å². The van der Waals surface area contributed by atoms with Gasteiger partial charge in [0.15, 0.2) is 0 Å². The molecule has 0 radical (unpaired) electrons. The Bertz CT molecular complexity index is 356. The van der Waals surface area contributed by atoms with Crippen molar-refractivity contribution < 1.29 is 4.79 Å². The number of nitrogens with two attached hydrogens (primary N) is 2. The Balaban J connectivity index is 2.36. The predicted molar refractivity (Wildman–Crippen MR) is 51.3 cm³/mol. The Labute approximate surface area is 76.7 Å². The van der Waals surface area contributed by atoms with Crippen LogP contribution in [0.3, 0.4) is 0 Å². The highest BCUT2D eigenvalue weighted by Gasteiger charge is 2.24. The van der Waals surface area contributed by atoms with E-state index in [1.807, 2.05) is 12.1 Å². The number of carbonyl (C=O) groups excluding carboxylic acids is 1. The van der Waals surface area contributed by atoms with Gasteiger partial charge in [-0.3, -0.25) is 4.79 Å². The number of anilines is 1. The van der Waals surface area contributed by atoms with Crippen LogP contribution < -0.4 is 11.5 Å². The van der Waals surface area contributed by atoms with Gasteiger partial charge in [-0.1, -0.05) is 6.07 Å². The van der Waals surface area contributed by atoms with Crippen molar-refractivity contribution in [3.05, 3.63) is 29.3 Å². The first kappa shape index (κ1) is 8.10. The first-order valence-electron chi connectivity index (χ1n) is 4.37. The maximum atomic E-state index is 10.9. The van der Waals surface area contributed by atoms with E-state index in [9.17, 15) is 4.79 Å². The van der Waals surface area contributed by atoms with Gasteiger partial charge in [-0.05, 0) is 36.5 Å². The topological polar surface area (TPSA) is 69.1 Å². The van der Waals surface area contributed by atoms with E-state index in [1.165, 1.54) is 18.4 Å². The fourth-order valence-electron chi connectivity index (χ4n) is 1.48. The predicted octanol–water partition coefficient (Wildman–Crippen LogP) is 1.25. The molecular formula is C10H12N2O. The van der Waals surface area contributed by atoms with Crippen molar-refractivity contribution in [2.45, 2.75) is 18.8 Å². The molecule has 1 aliphatic rings. The minimum atomic E-state index is -0.458. The van der Waals surface area contributed by atoms with Crippen molar-refractivity contribution in [2.24, 2.45) is 5.73 Å². The molecule has 13 heavy (non-hydrogen) atoms. The molecule has 68 valence electrons. The second kappa shape index (κ2) is 2.76. The van der Waals surface area contributed by atoms with Crippen molar-refractivity contribution in [2.75, 3.05) is 5.73 Å². The van der Waals surface area contributed by atoms with Crippen LogP contribution >= 0.6 is 0 Å². The van der Waals surface area contributed by atoms with E-state index in [2.05, 4.69) is 0 Å². The van der Waals surface area contributed by atoms with Gasteiger partial charge in [-0.2, -0.15) is 0 Å². The number of benzene rings is 1. The molecule has 1 fully saturated rings. The van der Waals surface area contributed by atoms with Crippen LogP contribution in [0.5, 0.6) is 0 Å². The molecule has 0 heterocycles. The molecule has 0 unspecified atom stereocenters. The number of carbonyl (C=O) groups is 1. The van der Waals surface area contributed by atoms with Crippen LogP contribution in [0.25, 0.3) is 0 Å². The highest BCUT2D eigenvalue weighted by Crippen LogP contribution is 2.40. The first-order chi connectivity index (χ1) is 6.18. The van der Waals surface area contributed by atoms with E-state index in [0.29, 0.717) is 17.2 Å². The number of primary amides is 1.